The van der Waals surface area contributed by atoms with Crippen molar-refractivity contribution in [2.24, 2.45) is 0 Å². The molecule has 3 rings (SSSR count). The molecule has 0 aromatic heterocycles. The summed E-state index contributed by atoms with van der Waals surface area (Å²) in [4.78, 5) is 0. The van der Waals surface area contributed by atoms with E-state index in [0.29, 0.717) is 5.04 Å². The van der Waals surface area contributed by atoms with E-state index in [2.05, 4.69) is 103 Å². The molecule has 0 nitrogen and oxygen atoms in total. The normalized spacial score (nSPS) is 11.7. The summed E-state index contributed by atoms with van der Waals surface area (Å²) in [7, 11) is 0.957. The van der Waals surface area contributed by atoms with Crippen LogP contribution in [0.25, 0.3) is 0 Å². The fraction of sp³-hybridized carbons (Fsp3) is 0.379. The Bertz CT molecular complexity index is 1000. The van der Waals surface area contributed by atoms with Gasteiger partial charge in [-0.3, -0.25) is 0 Å². The lowest BCUT2D eigenvalue weighted by atomic mass is 9.95. The molecule has 3 aromatic rings. The van der Waals surface area contributed by atoms with Gasteiger partial charge in [-0.1, -0.05) is 103 Å². The maximum absolute atomic E-state index is 2.43. The second-order valence-electron chi connectivity index (χ2n) is 10.1. The van der Waals surface area contributed by atoms with E-state index < -0.39 is 0 Å². The van der Waals surface area contributed by atoms with Crippen molar-refractivity contribution in [1.29, 1.82) is 0 Å². The summed E-state index contributed by atoms with van der Waals surface area (Å²) in [6.07, 6.45) is 2.01. The maximum atomic E-state index is 2.43. The minimum absolute atomic E-state index is 0.406. The minimum Gasteiger partial charge on any atom is -0.0630 e. The molecule has 0 fully saturated rings. The van der Waals surface area contributed by atoms with E-state index in [4.69, 9.17) is 0 Å². The van der Waals surface area contributed by atoms with Crippen LogP contribution in [0.2, 0.25) is 5.04 Å². The first-order chi connectivity index (χ1) is 14.1. The number of benzene rings is 3. The van der Waals surface area contributed by atoms with Gasteiger partial charge in [0.2, 0.25) is 0 Å². The van der Waals surface area contributed by atoms with Gasteiger partial charge < -0.3 is 0 Å². The zero-order valence-corrected chi connectivity index (χ0v) is 20.8. The quantitative estimate of drug-likeness (QED) is 0.367. The molecule has 0 saturated heterocycles. The van der Waals surface area contributed by atoms with Crippen LogP contribution in [-0.2, 0) is 18.9 Å². The first-order valence-electron chi connectivity index (χ1n) is 11.1. The molecule has 0 aliphatic carbocycles. The summed E-state index contributed by atoms with van der Waals surface area (Å²) in [6.45, 7) is 15.8. The molecule has 3 aromatic carbocycles. The van der Waals surface area contributed by atoms with Crippen LogP contribution in [0.1, 0.15) is 70.8 Å². The Morgan fingerprint density at radius 1 is 0.500 bits per heavy atom. The van der Waals surface area contributed by atoms with Crippen LogP contribution in [0, 0.1) is 27.7 Å². The van der Waals surface area contributed by atoms with Gasteiger partial charge in [0.25, 0.3) is 0 Å². The molecule has 156 valence electrons. The highest BCUT2D eigenvalue weighted by molar-refractivity contribution is 6.39. The Morgan fingerprint density at radius 3 is 1.27 bits per heavy atom. The largest absolute Gasteiger partial charge is 0.0630 e. The van der Waals surface area contributed by atoms with Crippen molar-refractivity contribution in [3.8, 4) is 0 Å². The second-order valence-corrected chi connectivity index (χ2v) is 12.3. The Hall–Kier alpha value is -2.12. The highest BCUT2D eigenvalue weighted by Gasteiger charge is 2.12. The Morgan fingerprint density at radius 2 is 0.833 bits per heavy atom. The Labute approximate surface area is 186 Å². The van der Waals surface area contributed by atoms with E-state index in [-0.39, 0.29) is 0 Å². The van der Waals surface area contributed by atoms with E-state index in [1.165, 1.54) is 56.1 Å². The molecule has 0 unspecified atom stereocenters. The predicted octanol–water partition coefficient (Wildman–Crippen LogP) is 7.52. The first kappa shape index (κ1) is 22.6. The number of aryl methyl sites for hydroxylation is 4. The van der Waals surface area contributed by atoms with Gasteiger partial charge in [-0.25, -0.2) is 0 Å². The van der Waals surface area contributed by atoms with Crippen molar-refractivity contribution in [3.05, 3.63) is 105 Å². The smallest absolute Gasteiger partial charge is 0.0494 e. The summed E-state index contributed by atoms with van der Waals surface area (Å²) in [5.74, 6) is 0. The van der Waals surface area contributed by atoms with E-state index in [9.17, 15) is 0 Å². The molecule has 0 spiro atoms. The lowest BCUT2D eigenvalue weighted by Gasteiger charge is -2.17. The molecule has 0 bridgehead atoms. The van der Waals surface area contributed by atoms with Crippen molar-refractivity contribution in [1.82, 2.24) is 0 Å². The van der Waals surface area contributed by atoms with Gasteiger partial charge in [0.15, 0.2) is 0 Å². The van der Waals surface area contributed by atoms with Gasteiger partial charge >= 0.3 is 0 Å². The van der Waals surface area contributed by atoms with Gasteiger partial charge in [0.05, 0.1) is 0 Å². The number of rotatable bonds is 6. The standard InChI is InChI=1S/C29H36Si/c1-20-8-21(2)10-24(9-20)15-25-11-22(3)12-26(16-25)17-27-13-23(4)14-28(18-27)19-30-29(5,6)7/h8-14,16,18H,15,17,19H2,1-7H3. The SMILES string of the molecule is Cc1cc(C)cc(Cc2cc(C)cc(Cc3cc(C)cc(C[Si]C(C)(C)C)c3)c2)c1. The topological polar surface area (TPSA) is 0 Å². The fourth-order valence-corrected chi connectivity index (χ4v) is 5.25. The third-order valence-electron chi connectivity index (χ3n) is 5.31. The van der Waals surface area contributed by atoms with E-state index >= 15 is 0 Å². The van der Waals surface area contributed by atoms with Crippen molar-refractivity contribution < 1.29 is 0 Å². The van der Waals surface area contributed by atoms with Crippen molar-refractivity contribution in [2.45, 2.75) is 72.4 Å². The van der Waals surface area contributed by atoms with E-state index in [0.717, 1.165) is 22.4 Å². The van der Waals surface area contributed by atoms with Crippen molar-refractivity contribution in [2.75, 3.05) is 0 Å². The highest BCUT2D eigenvalue weighted by Crippen LogP contribution is 2.24. The zero-order chi connectivity index (χ0) is 21.9. The number of hydrogen-bond acceptors (Lipinski definition) is 0. The van der Waals surface area contributed by atoms with Gasteiger partial charge in [-0.2, -0.15) is 0 Å². The Balaban J connectivity index is 1.80. The summed E-state index contributed by atoms with van der Waals surface area (Å²) >= 11 is 0. The van der Waals surface area contributed by atoms with Crippen molar-refractivity contribution in [3.63, 3.8) is 0 Å². The van der Waals surface area contributed by atoms with Crippen LogP contribution in [0.5, 0.6) is 0 Å². The third kappa shape index (κ3) is 6.99. The molecular weight excluding hydrogens is 376 g/mol. The molecule has 0 amide bonds. The predicted molar refractivity (Wildman–Crippen MR) is 133 cm³/mol. The summed E-state index contributed by atoms with van der Waals surface area (Å²) in [6, 6.07) is 22.3. The third-order valence-corrected chi connectivity index (χ3v) is 6.96. The Kier molecular flexibility index (Phi) is 7.03. The van der Waals surface area contributed by atoms with Crippen LogP contribution in [0.3, 0.4) is 0 Å². The first-order valence-corrected chi connectivity index (χ1v) is 12.3. The van der Waals surface area contributed by atoms with Crippen LogP contribution < -0.4 is 0 Å². The monoisotopic (exact) mass is 412 g/mol. The molecule has 0 aliphatic rings. The van der Waals surface area contributed by atoms with Gasteiger partial charge in [0.1, 0.15) is 0 Å². The van der Waals surface area contributed by atoms with Gasteiger partial charge in [-0.05, 0) is 73.9 Å². The average molecular weight is 413 g/mol. The number of hydrogen-bond donors (Lipinski definition) is 0. The molecule has 2 radical (unpaired) electrons. The lowest BCUT2D eigenvalue weighted by Crippen LogP contribution is -2.11. The summed E-state index contributed by atoms with van der Waals surface area (Å²) < 4.78 is 0. The van der Waals surface area contributed by atoms with Gasteiger partial charge in [0, 0.05) is 9.52 Å². The van der Waals surface area contributed by atoms with E-state index in [1.807, 2.05) is 0 Å². The van der Waals surface area contributed by atoms with Crippen LogP contribution in [-0.4, -0.2) is 9.52 Å². The van der Waals surface area contributed by atoms with Crippen LogP contribution in [0.15, 0.2) is 54.6 Å². The van der Waals surface area contributed by atoms with E-state index in [1.54, 1.807) is 0 Å². The maximum Gasteiger partial charge on any atom is 0.0494 e. The molecular formula is C29H36Si. The van der Waals surface area contributed by atoms with Crippen LogP contribution >= 0.6 is 0 Å². The second kappa shape index (κ2) is 9.35. The molecule has 1 heteroatoms. The molecule has 0 aliphatic heterocycles. The zero-order valence-electron chi connectivity index (χ0n) is 19.8. The minimum atomic E-state index is 0.406. The molecule has 0 heterocycles. The fourth-order valence-electron chi connectivity index (χ4n) is 4.31. The van der Waals surface area contributed by atoms with Gasteiger partial charge in [-0.15, -0.1) is 0 Å². The summed E-state index contributed by atoms with van der Waals surface area (Å²) in [5.41, 5.74) is 12.6. The molecule has 0 saturated carbocycles. The molecule has 0 atom stereocenters. The lowest BCUT2D eigenvalue weighted by molar-refractivity contribution is 0.749. The average Bonchev–Trinajstić information content (AvgIpc) is 2.57. The molecule has 0 N–H and O–H groups in total. The highest BCUT2D eigenvalue weighted by atomic mass is 28.2. The summed E-state index contributed by atoms with van der Waals surface area (Å²) in [5, 5.41) is 0.406. The van der Waals surface area contributed by atoms with Crippen LogP contribution in [0.4, 0.5) is 0 Å². The van der Waals surface area contributed by atoms with Crippen molar-refractivity contribution >= 4 is 9.52 Å². The molecule has 30 heavy (non-hydrogen) atoms.